The summed E-state index contributed by atoms with van der Waals surface area (Å²) in [5.41, 5.74) is 0. The van der Waals surface area contributed by atoms with Crippen molar-refractivity contribution in [1.29, 1.82) is 0 Å². The number of hydrogen-bond acceptors (Lipinski definition) is 4. The van der Waals surface area contributed by atoms with Crippen LogP contribution < -0.4 is 15.4 Å². The number of benzene rings is 1. The monoisotopic (exact) mass is 195 g/mol. The second-order valence-corrected chi connectivity index (χ2v) is 3.16. The van der Waals surface area contributed by atoms with E-state index in [1.807, 2.05) is 24.3 Å². The molecule has 0 spiro atoms. The standard InChI is InChI=1S/C10H13NO3/c11-13-6-5-8-7-12-9-3-1-2-4-10(9)14-8/h1-4,8H,5-7,11H2. The lowest BCUT2D eigenvalue weighted by molar-refractivity contribution is 0.0488. The molecule has 0 aromatic heterocycles. The van der Waals surface area contributed by atoms with Gasteiger partial charge in [0.05, 0.1) is 6.61 Å². The average molecular weight is 195 g/mol. The van der Waals surface area contributed by atoms with Crippen molar-refractivity contribution in [1.82, 2.24) is 0 Å². The molecule has 1 aromatic rings. The van der Waals surface area contributed by atoms with Crippen LogP contribution in [0.1, 0.15) is 6.42 Å². The van der Waals surface area contributed by atoms with Gasteiger partial charge < -0.3 is 14.3 Å². The molecule has 0 saturated carbocycles. The summed E-state index contributed by atoms with van der Waals surface area (Å²) < 4.78 is 11.2. The van der Waals surface area contributed by atoms with E-state index in [1.54, 1.807) is 0 Å². The molecule has 76 valence electrons. The highest BCUT2D eigenvalue weighted by atomic mass is 16.6. The lowest BCUT2D eigenvalue weighted by Gasteiger charge is -2.26. The lowest BCUT2D eigenvalue weighted by atomic mass is 10.2. The second-order valence-electron chi connectivity index (χ2n) is 3.16. The quantitative estimate of drug-likeness (QED) is 0.734. The first-order valence-electron chi connectivity index (χ1n) is 4.60. The first-order valence-corrected chi connectivity index (χ1v) is 4.60. The van der Waals surface area contributed by atoms with Crippen LogP contribution in [0.15, 0.2) is 24.3 Å². The summed E-state index contributed by atoms with van der Waals surface area (Å²) in [5, 5.41) is 0. The second kappa shape index (κ2) is 4.30. The Morgan fingerprint density at radius 2 is 2.14 bits per heavy atom. The van der Waals surface area contributed by atoms with Gasteiger partial charge in [-0.05, 0) is 12.1 Å². The van der Waals surface area contributed by atoms with E-state index in [9.17, 15) is 0 Å². The van der Waals surface area contributed by atoms with Crippen molar-refractivity contribution in [3.63, 3.8) is 0 Å². The van der Waals surface area contributed by atoms with Gasteiger partial charge in [0.15, 0.2) is 11.5 Å². The average Bonchev–Trinajstić information content (AvgIpc) is 2.26. The van der Waals surface area contributed by atoms with Crippen LogP contribution in [-0.4, -0.2) is 19.3 Å². The molecular formula is C10H13NO3. The molecule has 0 bridgehead atoms. The fourth-order valence-corrected chi connectivity index (χ4v) is 1.40. The van der Waals surface area contributed by atoms with Crippen LogP contribution >= 0.6 is 0 Å². The number of ether oxygens (including phenoxy) is 2. The zero-order valence-corrected chi connectivity index (χ0v) is 7.81. The Bertz CT molecular complexity index is 303. The zero-order valence-electron chi connectivity index (χ0n) is 7.81. The third-order valence-electron chi connectivity index (χ3n) is 2.13. The molecule has 4 nitrogen and oxygen atoms in total. The highest BCUT2D eigenvalue weighted by Crippen LogP contribution is 2.31. The van der Waals surface area contributed by atoms with E-state index in [0.29, 0.717) is 13.2 Å². The maximum Gasteiger partial charge on any atom is 0.161 e. The summed E-state index contributed by atoms with van der Waals surface area (Å²) >= 11 is 0. The van der Waals surface area contributed by atoms with Gasteiger partial charge in [0.1, 0.15) is 12.7 Å². The topological polar surface area (TPSA) is 53.7 Å². The third-order valence-corrected chi connectivity index (χ3v) is 2.13. The molecule has 0 saturated heterocycles. The molecule has 4 heteroatoms. The maximum absolute atomic E-state index is 5.67. The van der Waals surface area contributed by atoms with Crippen molar-refractivity contribution < 1.29 is 14.3 Å². The largest absolute Gasteiger partial charge is 0.486 e. The first kappa shape index (κ1) is 9.30. The molecule has 0 amide bonds. The summed E-state index contributed by atoms with van der Waals surface area (Å²) in [6, 6.07) is 7.63. The molecule has 1 heterocycles. The summed E-state index contributed by atoms with van der Waals surface area (Å²) in [6.07, 6.45) is 0.777. The molecule has 2 N–H and O–H groups in total. The van der Waals surface area contributed by atoms with Crippen molar-refractivity contribution in [3.8, 4) is 11.5 Å². The molecule has 1 atom stereocenters. The summed E-state index contributed by atoms with van der Waals surface area (Å²) in [6.45, 7) is 1.04. The Labute approximate surface area is 82.5 Å². The molecule has 1 aromatic carbocycles. The maximum atomic E-state index is 5.67. The smallest absolute Gasteiger partial charge is 0.161 e. The SMILES string of the molecule is NOCCC1COc2ccccc2O1. The summed E-state index contributed by atoms with van der Waals surface area (Å²) in [4.78, 5) is 4.50. The van der Waals surface area contributed by atoms with Crippen LogP contribution in [0, 0.1) is 0 Å². The molecule has 1 aliphatic rings. The van der Waals surface area contributed by atoms with Gasteiger partial charge in [-0.1, -0.05) is 12.1 Å². The number of para-hydroxylation sites is 2. The van der Waals surface area contributed by atoms with E-state index in [-0.39, 0.29) is 6.10 Å². The van der Waals surface area contributed by atoms with Crippen LogP contribution in [0.3, 0.4) is 0 Å². The number of hydrogen-bond donors (Lipinski definition) is 1. The minimum absolute atomic E-state index is 0.0356. The lowest BCUT2D eigenvalue weighted by Crippen LogP contribution is -2.30. The van der Waals surface area contributed by atoms with E-state index in [1.165, 1.54) is 0 Å². The predicted molar refractivity (Wildman–Crippen MR) is 51.1 cm³/mol. The zero-order chi connectivity index (χ0) is 9.80. The van der Waals surface area contributed by atoms with Crippen LogP contribution in [-0.2, 0) is 4.84 Å². The van der Waals surface area contributed by atoms with E-state index in [2.05, 4.69) is 4.84 Å². The molecule has 0 aliphatic carbocycles. The van der Waals surface area contributed by atoms with Crippen molar-refractivity contribution >= 4 is 0 Å². The van der Waals surface area contributed by atoms with Gasteiger partial charge in [-0.3, -0.25) is 0 Å². The minimum Gasteiger partial charge on any atom is -0.486 e. The molecule has 1 unspecified atom stereocenters. The third kappa shape index (κ3) is 1.97. The Balaban J connectivity index is 1.99. The molecule has 2 rings (SSSR count). The van der Waals surface area contributed by atoms with Crippen molar-refractivity contribution in [3.05, 3.63) is 24.3 Å². The minimum atomic E-state index is 0.0356. The molecule has 14 heavy (non-hydrogen) atoms. The van der Waals surface area contributed by atoms with E-state index in [4.69, 9.17) is 15.4 Å². The number of rotatable bonds is 3. The predicted octanol–water partition coefficient (Wildman–Crippen LogP) is 1.11. The summed E-state index contributed by atoms with van der Waals surface area (Å²) in [7, 11) is 0. The van der Waals surface area contributed by atoms with Gasteiger partial charge in [0.2, 0.25) is 0 Å². The van der Waals surface area contributed by atoms with E-state index < -0.39 is 0 Å². The number of nitrogens with two attached hydrogens (primary N) is 1. The number of fused-ring (bicyclic) bond motifs is 1. The molecular weight excluding hydrogens is 182 g/mol. The first-order chi connectivity index (χ1) is 6.90. The van der Waals surface area contributed by atoms with Gasteiger partial charge in [-0.15, -0.1) is 0 Å². The van der Waals surface area contributed by atoms with Crippen molar-refractivity contribution in [2.75, 3.05) is 13.2 Å². The van der Waals surface area contributed by atoms with Gasteiger partial charge in [-0.2, -0.15) is 0 Å². The van der Waals surface area contributed by atoms with Crippen molar-refractivity contribution in [2.24, 2.45) is 5.90 Å². The van der Waals surface area contributed by atoms with Crippen LogP contribution in [0.4, 0.5) is 0 Å². The van der Waals surface area contributed by atoms with Crippen LogP contribution in [0.2, 0.25) is 0 Å². The van der Waals surface area contributed by atoms with Crippen LogP contribution in [0.25, 0.3) is 0 Å². The Kier molecular flexibility index (Phi) is 2.86. The van der Waals surface area contributed by atoms with Gasteiger partial charge in [-0.25, -0.2) is 5.90 Å². The normalized spacial score (nSPS) is 19.4. The Hall–Kier alpha value is -1.26. The highest BCUT2D eigenvalue weighted by molar-refractivity contribution is 5.40. The van der Waals surface area contributed by atoms with Crippen molar-refractivity contribution in [2.45, 2.75) is 12.5 Å². The highest BCUT2D eigenvalue weighted by Gasteiger charge is 2.19. The van der Waals surface area contributed by atoms with Gasteiger partial charge in [0, 0.05) is 6.42 Å². The Morgan fingerprint density at radius 1 is 1.36 bits per heavy atom. The fraction of sp³-hybridized carbons (Fsp3) is 0.400. The van der Waals surface area contributed by atoms with E-state index >= 15 is 0 Å². The van der Waals surface area contributed by atoms with Gasteiger partial charge in [0.25, 0.3) is 0 Å². The molecule has 0 fully saturated rings. The van der Waals surface area contributed by atoms with E-state index in [0.717, 1.165) is 17.9 Å². The van der Waals surface area contributed by atoms with Gasteiger partial charge >= 0.3 is 0 Å². The molecule has 1 aliphatic heterocycles. The van der Waals surface area contributed by atoms with Crippen LogP contribution in [0.5, 0.6) is 11.5 Å². The Morgan fingerprint density at radius 3 is 2.93 bits per heavy atom. The molecule has 0 radical (unpaired) electrons. The fourth-order valence-electron chi connectivity index (χ4n) is 1.40. The summed E-state index contributed by atoms with van der Waals surface area (Å²) in [5.74, 6) is 6.54.